The molecule has 1 saturated heterocycles. The molecule has 0 aromatic heterocycles. The number of hydrogen-bond donors (Lipinski definition) is 1. The molecule has 1 fully saturated rings. The Morgan fingerprint density at radius 1 is 1.17 bits per heavy atom. The zero-order valence-electron chi connectivity index (χ0n) is 13.3. The third kappa shape index (κ3) is 4.96. The fourth-order valence-corrected chi connectivity index (χ4v) is 2.61. The number of nitrogens with zero attached hydrogens (tertiary/aromatic N) is 1. The van der Waals surface area contributed by atoms with Crippen molar-refractivity contribution in [3.05, 3.63) is 35.9 Å². The van der Waals surface area contributed by atoms with Crippen molar-refractivity contribution in [3.8, 4) is 0 Å². The van der Waals surface area contributed by atoms with Gasteiger partial charge in [0.1, 0.15) is 6.61 Å². The molecule has 0 bridgehead atoms. The van der Waals surface area contributed by atoms with E-state index < -0.39 is 24.1 Å². The average molecular weight is 321 g/mol. The lowest BCUT2D eigenvalue weighted by atomic mass is 9.98. The summed E-state index contributed by atoms with van der Waals surface area (Å²) >= 11 is 0. The second kappa shape index (κ2) is 8.53. The van der Waals surface area contributed by atoms with Crippen LogP contribution >= 0.6 is 0 Å². The molecule has 23 heavy (non-hydrogen) atoms. The standard InChI is InChI=1S/C17H23NO5/c1-2-22-16(20)14-8-10-18(11-9-15(14)19)17(21)23-12-13-6-4-3-5-7-13/h3-7,14-15,19H,2,8-12H2,1H3. The number of carbonyl (C=O) groups excluding carboxylic acids is 2. The van der Waals surface area contributed by atoms with Gasteiger partial charge in [0.15, 0.2) is 0 Å². The quantitative estimate of drug-likeness (QED) is 0.858. The van der Waals surface area contributed by atoms with Crippen LogP contribution in [0.1, 0.15) is 25.3 Å². The number of aliphatic hydroxyl groups is 1. The van der Waals surface area contributed by atoms with Gasteiger partial charge in [0, 0.05) is 13.1 Å². The van der Waals surface area contributed by atoms with Crippen LogP contribution < -0.4 is 0 Å². The molecule has 0 radical (unpaired) electrons. The Balaban J connectivity index is 1.86. The zero-order valence-corrected chi connectivity index (χ0v) is 13.3. The highest BCUT2D eigenvalue weighted by molar-refractivity contribution is 5.73. The monoisotopic (exact) mass is 321 g/mol. The summed E-state index contributed by atoms with van der Waals surface area (Å²) in [6, 6.07) is 9.44. The van der Waals surface area contributed by atoms with Gasteiger partial charge >= 0.3 is 12.1 Å². The molecule has 1 N–H and O–H groups in total. The van der Waals surface area contributed by atoms with Crippen LogP contribution in [0.4, 0.5) is 4.79 Å². The van der Waals surface area contributed by atoms with Gasteiger partial charge in [-0.15, -0.1) is 0 Å². The van der Waals surface area contributed by atoms with E-state index in [1.807, 2.05) is 30.3 Å². The van der Waals surface area contributed by atoms with E-state index in [0.717, 1.165) is 5.56 Å². The second-order valence-electron chi connectivity index (χ2n) is 5.53. The van der Waals surface area contributed by atoms with Crippen molar-refractivity contribution >= 4 is 12.1 Å². The van der Waals surface area contributed by atoms with E-state index in [1.54, 1.807) is 6.92 Å². The van der Waals surface area contributed by atoms with E-state index in [0.29, 0.717) is 25.9 Å². The number of hydrogen-bond acceptors (Lipinski definition) is 5. The molecule has 1 aromatic carbocycles. The smallest absolute Gasteiger partial charge is 0.410 e. The SMILES string of the molecule is CCOC(=O)C1CCN(C(=O)OCc2ccccc2)CCC1O. The first kappa shape index (κ1) is 17.3. The van der Waals surface area contributed by atoms with Gasteiger partial charge in [-0.05, 0) is 25.3 Å². The van der Waals surface area contributed by atoms with Crippen molar-refractivity contribution < 1.29 is 24.2 Å². The van der Waals surface area contributed by atoms with Crippen LogP contribution in [0.3, 0.4) is 0 Å². The van der Waals surface area contributed by atoms with Gasteiger partial charge in [-0.1, -0.05) is 30.3 Å². The van der Waals surface area contributed by atoms with Crippen molar-refractivity contribution in [1.82, 2.24) is 4.90 Å². The van der Waals surface area contributed by atoms with E-state index in [4.69, 9.17) is 9.47 Å². The fraction of sp³-hybridized carbons (Fsp3) is 0.529. The van der Waals surface area contributed by atoms with Crippen LogP contribution in [-0.2, 0) is 20.9 Å². The molecule has 2 unspecified atom stereocenters. The predicted octanol–water partition coefficient (Wildman–Crippen LogP) is 1.96. The van der Waals surface area contributed by atoms with Crippen LogP contribution in [0, 0.1) is 5.92 Å². The molecule has 1 aliphatic heterocycles. The first-order valence-corrected chi connectivity index (χ1v) is 7.92. The molecule has 2 atom stereocenters. The van der Waals surface area contributed by atoms with E-state index >= 15 is 0 Å². The van der Waals surface area contributed by atoms with E-state index in [9.17, 15) is 14.7 Å². The number of likely N-dealkylation sites (tertiary alicyclic amines) is 1. The topological polar surface area (TPSA) is 76.1 Å². The molecule has 1 heterocycles. The molecule has 0 spiro atoms. The molecule has 6 nitrogen and oxygen atoms in total. The van der Waals surface area contributed by atoms with Gasteiger partial charge in [0.05, 0.1) is 18.6 Å². The molecular weight excluding hydrogens is 298 g/mol. The summed E-state index contributed by atoms with van der Waals surface area (Å²) in [4.78, 5) is 25.5. The number of esters is 1. The van der Waals surface area contributed by atoms with E-state index in [1.165, 1.54) is 4.90 Å². The maximum absolute atomic E-state index is 12.1. The van der Waals surface area contributed by atoms with Crippen molar-refractivity contribution in [3.63, 3.8) is 0 Å². The minimum absolute atomic E-state index is 0.208. The lowest BCUT2D eigenvalue weighted by Gasteiger charge is -2.19. The Hall–Kier alpha value is -2.08. The number of ether oxygens (including phenoxy) is 2. The second-order valence-corrected chi connectivity index (χ2v) is 5.53. The Kier molecular flexibility index (Phi) is 6.40. The summed E-state index contributed by atoms with van der Waals surface area (Å²) in [6.45, 7) is 2.96. The fourth-order valence-electron chi connectivity index (χ4n) is 2.61. The highest BCUT2D eigenvalue weighted by atomic mass is 16.6. The lowest BCUT2D eigenvalue weighted by molar-refractivity contribution is -0.152. The third-order valence-electron chi connectivity index (χ3n) is 3.92. The number of aliphatic hydroxyl groups excluding tert-OH is 1. The van der Waals surface area contributed by atoms with Crippen LogP contribution in [0.2, 0.25) is 0 Å². The highest BCUT2D eigenvalue weighted by Gasteiger charge is 2.33. The van der Waals surface area contributed by atoms with Crippen LogP contribution in [0.25, 0.3) is 0 Å². The van der Waals surface area contributed by atoms with E-state index in [2.05, 4.69) is 0 Å². The molecule has 126 valence electrons. The molecule has 1 aliphatic rings. The minimum Gasteiger partial charge on any atom is -0.466 e. The molecule has 6 heteroatoms. The summed E-state index contributed by atoms with van der Waals surface area (Å²) in [6.07, 6.45) is -0.504. The molecule has 2 rings (SSSR count). The van der Waals surface area contributed by atoms with Crippen LogP contribution in [0.15, 0.2) is 30.3 Å². The largest absolute Gasteiger partial charge is 0.466 e. The number of benzene rings is 1. The average Bonchev–Trinajstić information content (AvgIpc) is 2.76. The zero-order chi connectivity index (χ0) is 16.7. The Bertz CT molecular complexity index is 519. The van der Waals surface area contributed by atoms with E-state index in [-0.39, 0.29) is 13.2 Å². The van der Waals surface area contributed by atoms with Gasteiger partial charge in [0.25, 0.3) is 0 Å². The van der Waals surface area contributed by atoms with Crippen molar-refractivity contribution in [2.24, 2.45) is 5.92 Å². The van der Waals surface area contributed by atoms with Gasteiger partial charge < -0.3 is 19.5 Å². The first-order valence-electron chi connectivity index (χ1n) is 7.92. The molecule has 0 aliphatic carbocycles. The summed E-state index contributed by atoms with van der Waals surface area (Å²) in [5.74, 6) is -0.985. The van der Waals surface area contributed by atoms with Crippen molar-refractivity contribution in [1.29, 1.82) is 0 Å². The summed E-state index contributed by atoms with van der Waals surface area (Å²) in [5, 5.41) is 10.1. The number of carbonyl (C=O) groups is 2. The first-order chi connectivity index (χ1) is 11.1. The number of amides is 1. The predicted molar refractivity (Wildman–Crippen MR) is 83.6 cm³/mol. The molecule has 1 amide bonds. The minimum atomic E-state index is -0.791. The van der Waals surface area contributed by atoms with Gasteiger partial charge in [0.2, 0.25) is 0 Å². The molecule has 1 aromatic rings. The van der Waals surface area contributed by atoms with Crippen molar-refractivity contribution in [2.75, 3.05) is 19.7 Å². The third-order valence-corrected chi connectivity index (χ3v) is 3.92. The van der Waals surface area contributed by atoms with Crippen LogP contribution in [0.5, 0.6) is 0 Å². The number of rotatable bonds is 4. The highest BCUT2D eigenvalue weighted by Crippen LogP contribution is 2.20. The molecular formula is C17H23NO5. The maximum atomic E-state index is 12.1. The Morgan fingerprint density at radius 3 is 2.57 bits per heavy atom. The normalized spacial score (nSPS) is 21.4. The van der Waals surface area contributed by atoms with Crippen LogP contribution in [-0.4, -0.2) is 47.9 Å². The van der Waals surface area contributed by atoms with Gasteiger partial charge in [-0.25, -0.2) is 4.79 Å². The summed E-state index contributed by atoms with van der Waals surface area (Å²) in [5.41, 5.74) is 0.917. The maximum Gasteiger partial charge on any atom is 0.410 e. The summed E-state index contributed by atoms with van der Waals surface area (Å²) < 4.78 is 10.3. The summed E-state index contributed by atoms with van der Waals surface area (Å²) in [7, 11) is 0. The lowest BCUT2D eigenvalue weighted by Crippen LogP contribution is -2.32. The van der Waals surface area contributed by atoms with Gasteiger partial charge in [-0.2, -0.15) is 0 Å². The Morgan fingerprint density at radius 2 is 1.87 bits per heavy atom. The Labute approximate surface area is 136 Å². The molecule has 0 saturated carbocycles. The van der Waals surface area contributed by atoms with Gasteiger partial charge in [-0.3, -0.25) is 4.79 Å². The van der Waals surface area contributed by atoms with Crippen molar-refractivity contribution in [2.45, 2.75) is 32.5 Å².